The van der Waals surface area contributed by atoms with Crippen molar-refractivity contribution in [3.8, 4) is 5.75 Å². The quantitative estimate of drug-likeness (QED) is 0.666. The summed E-state index contributed by atoms with van der Waals surface area (Å²) in [6.07, 6.45) is 0.984. The summed E-state index contributed by atoms with van der Waals surface area (Å²) in [5.74, 6) is -0.0225. The highest BCUT2D eigenvalue weighted by atomic mass is 16.5. The first-order chi connectivity index (χ1) is 13.3. The summed E-state index contributed by atoms with van der Waals surface area (Å²) >= 11 is 0. The summed E-state index contributed by atoms with van der Waals surface area (Å²) in [5, 5.41) is 10.4. The number of hydrogen-bond acceptors (Lipinski definition) is 5. The van der Waals surface area contributed by atoms with Gasteiger partial charge in [0.1, 0.15) is 5.75 Å². The van der Waals surface area contributed by atoms with Crippen LogP contribution in [-0.2, 0) is 9.59 Å². The summed E-state index contributed by atoms with van der Waals surface area (Å²) in [5.41, 5.74) is 0.971. The molecule has 1 aromatic rings. The molecule has 2 rings (SSSR count). The van der Waals surface area contributed by atoms with E-state index in [4.69, 9.17) is 4.74 Å². The monoisotopic (exact) mass is 388 g/mol. The fourth-order valence-corrected chi connectivity index (χ4v) is 3.30. The van der Waals surface area contributed by atoms with Crippen molar-refractivity contribution in [2.45, 2.75) is 39.7 Å². The Balaban J connectivity index is 2.37. The van der Waals surface area contributed by atoms with Crippen molar-refractivity contribution < 1.29 is 19.4 Å². The number of ether oxygens (including phenoxy) is 1. The predicted molar refractivity (Wildman–Crippen MR) is 109 cm³/mol. The minimum atomic E-state index is -0.579. The zero-order valence-electron chi connectivity index (χ0n) is 17.6. The zero-order valence-corrected chi connectivity index (χ0v) is 17.6. The predicted octanol–water partition coefficient (Wildman–Crippen LogP) is 3.35. The van der Waals surface area contributed by atoms with Crippen LogP contribution in [0, 0.1) is 5.92 Å². The third kappa shape index (κ3) is 5.13. The van der Waals surface area contributed by atoms with Crippen molar-refractivity contribution in [1.29, 1.82) is 0 Å². The molecule has 0 aromatic heterocycles. The fraction of sp³-hybridized carbons (Fsp3) is 0.545. The van der Waals surface area contributed by atoms with Gasteiger partial charge in [0.05, 0.1) is 18.2 Å². The van der Waals surface area contributed by atoms with Crippen LogP contribution < -0.4 is 4.74 Å². The number of aliphatic hydroxyl groups excluding tert-OH is 1. The smallest absolute Gasteiger partial charge is 0.290 e. The van der Waals surface area contributed by atoms with Gasteiger partial charge in [-0.25, -0.2) is 0 Å². The Labute approximate surface area is 167 Å². The highest BCUT2D eigenvalue weighted by Gasteiger charge is 2.42. The fourth-order valence-electron chi connectivity index (χ4n) is 3.30. The molecule has 6 nitrogen and oxygen atoms in total. The van der Waals surface area contributed by atoms with Crippen molar-refractivity contribution >= 4 is 11.7 Å². The standard InChI is InChI=1S/C22H32N2O4/c1-6-18(25)19-20(16-9-7-10-17(13-16)28-14-15(2)3)24(22(27)21(19)26)12-8-11-23(4)5/h7,9-10,13,15,20,26H,6,8,11-12,14H2,1-5H3. The molecule has 0 saturated carbocycles. The zero-order chi connectivity index (χ0) is 20.8. The average Bonchev–Trinajstić information content (AvgIpc) is 2.90. The van der Waals surface area contributed by atoms with Crippen molar-refractivity contribution in [2.24, 2.45) is 5.92 Å². The van der Waals surface area contributed by atoms with Crippen LogP contribution in [0.2, 0.25) is 0 Å². The lowest BCUT2D eigenvalue weighted by molar-refractivity contribution is -0.129. The van der Waals surface area contributed by atoms with Crippen molar-refractivity contribution in [3.05, 3.63) is 41.2 Å². The normalized spacial score (nSPS) is 17.2. The second kappa shape index (κ2) is 9.73. The molecule has 1 atom stereocenters. The van der Waals surface area contributed by atoms with Gasteiger partial charge in [-0.05, 0) is 50.7 Å². The van der Waals surface area contributed by atoms with Gasteiger partial charge in [-0.15, -0.1) is 0 Å². The number of Topliss-reactive ketones (excluding diaryl/α,β-unsaturated/α-hetero) is 1. The molecule has 1 amide bonds. The SMILES string of the molecule is CCC(=O)C1=C(O)C(=O)N(CCCN(C)C)C1c1cccc(OCC(C)C)c1. The van der Waals surface area contributed by atoms with Gasteiger partial charge in [0.25, 0.3) is 5.91 Å². The first-order valence-corrected chi connectivity index (χ1v) is 9.91. The van der Waals surface area contributed by atoms with Gasteiger partial charge in [0, 0.05) is 13.0 Å². The van der Waals surface area contributed by atoms with E-state index >= 15 is 0 Å². The van der Waals surface area contributed by atoms with Gasteiger partial charge in [-0.3, -0.25) is 9.59 Å². The van der Waals surface area contributed by atoms with Crippen LogP contribution in [0.25, 0.3) is 0 Å². The van der Waals surface area contributed by atoms with E-state index < -0.39 is 17.7 Å². The molecule has 28 heavy (non-hydrogen) atoms. The van der Waals surface area contributed by atoms with E-state index in [1.807, 2.05) is 43.3 Å². The van der Waals surface area contributed by atoms with E-state index in [1.54, 1.807) is 11.8 Å². The Morgan fingerprint density at radius 2 is 2.04 bits per heavy atom. The van der Waals surface area contributed by atoms with Crippen molar-refractivity contribution in [2.75, 3.05) is 33.8 Å². The number of amides is 1. The molecule has 0 radical (unpaired) electrons. The maximum atomic E-state index is 12.7. The van der Waals surface area contributed by atoms with Crippen molar-refractivity contribution in [3.63, 3.8) is 0 Å². The Hall–Kier alpha value is -2.34. The lowest BCUT2D eigenvalue weighted by Crippen LogP contribution is -2.33. The Bertz CT molecular complexity index is 740. The van der Waals surface area contributed by atoms with Crippen molar-refractivity contribution in [1.82, 2.24) is 9.80 Å². The molecule has 154 valence electrons. The molecular formula is C22H32N2O4. The molecule has 6 heteroatoms. The second-order valence-electron chi connectivity index (χ2n) is 7.87. The van der Waals surface area contributed by atoms with Gasteiger partial charge >= 0.3 is 0 Å². The number of benzene rings is 1. The number of carbonyl (C=O) groups is 2. The lowest BCUT2D eigenvalue weighted by Gasteiger charge is -2.27. The third-order valence-electron chi connectivity index (χ3n) is 4.69. The number of nitrogens with zero attached hydrogens (tertiary/aromatic N) is 2. The minimum absolute atomic E-state index is 0.193. The van der Waals surface area contributed by atoms with Crippen LogP contribution in [0.15, 0.2) is 35.6 Å². The number of carbonyl (C=O) groups excluding carboxylic acids is 2. The van der Waals surface area contributed by atoms with Crippen LogP contribution in [-0.4, -0.2) is 60.4 Å². The number of ketones is 1. The third-order valence-corrected chi connectivity index (χ3v) is 4.69. The van der Waals surface area contributed by atoms with Gasteiger partial charge in [0.2, 0.25) is 0 Å². The molecule has 1 unspecified atom stereocenters. The van der Waals surface area contributed by atoms with Crippen LogP contribution in [0.1, 0.15) is 45.2 Å². The molecule has 0 bridgehead atoms. The van der Waals surface area contributed by atoms with Gasteiger partial charge in [-0.2, -0.15) is 0 Å². The topological polar surface area (TPSA) is 70.1 Å². The maximum absolute atomic E-state index is 12.7. The van der Waals surface area contributed by atoms with Crippen LogP contribution >= 0.6 is 0 Å². The Kier molecular flexibility index (Phi) is 7.63. The average molecular weight is 389 g/mol. The summed E-state index contributed by atoms with van der Waals surface area (Å²) in [6.45, 7) is 7.74. The van der Waals surface area contributed by atoms with E-state index in [9.17, 15) is 14.7 Å². The summed E-state index contributed by atoms with van der Waals surface area (Å²) in [7, 11) is 3.95. The molecule has 1 aliphatic rings. The van der Waals surface area contributed by atoms with E-state index in [0.717, 1.165) is 18.5 Å². The van der Waals surface area contributed by atoms with E-state index in [1.165, 1.54) is 0 Å². The molecule has 1 heterocycles. The Morgan fingerprint density at radius 3 is 2.64 bits per heavy atom. The highest BCUT2D eigenvalue weighted by molar-refractivity contribution is 6.08. The van der Waals surface area contributed by atoms with Crippen LogP contribution in [0.3, 0.4) is 0 Å². The van der Waals surface area contributed by atoms with E-state index in [0.29, 0.717) is 24.8 Å². The molecule has 1 N–H and O–H groups in total. The highest BCUT2D eigenvalue weighted by Crippen LogP contribution is 2.39. The second-order valence-corrected chi connectivity index (χ2v) is 7.87. The molecule has 0 fully saturated rings. The number of hydrogen-bond donors (Lipinski definition) is 1. The minimum Gasteiger partial charge on any atom is -0.503 e. The van der Waals surface area contributed by atoms with Crippen LogP contribution in [0.4, 0.5) is 0 Å². The first-order valence-electron chi connectivity index (χ1n) is 9.91. The van der Waals surface area contributed by atoms with Gasteiger partial charge in [0.15, 0.2) is 11.5 Å². The number of aliphatic hydroxyl groups is 1. The largest absolute Gasteiger partial charge is 0.503 e. The van der Waals surface area contributed by atoms with Crippen LogP contribution in [0.5, 0.6) is 5.75 Å². The molecule has 0 saturated heterocycles. The first kappa shape index (κ1) is 22.0. The Morgan fingerprint density at radius 1 is 1.32 bits per heavy atom. The molecule has 1 aliphatic heterocycles. The molecule has 0 spiro atoms. The lowest BCUT2D eigenvalue weighted by atomic mass is 9.95. The molecular weight excluding hydrogens is 356 g/mol. The van der Waals surface area contributed by atoms with Gasteiger partial charge < -0.3 is 19.6 Å². The van der Waals surface area contributed by atoms with E-state index in [2.05, 4.69) is 13.8 Å². The van der Waals surface area contributed by atoms with Gasteiger partial charge in [-0.1, -0.05) is 32.9 Å². The maximum Gasteiger partial charge on any atom is 0.290 e. The molecule has 0 aliphatic carbocycles. The van der Waals surface area contributed by atoms with E-state index in [-0.39, 0.29) is 17.8 Å². The summed E-state index contributed by atoms with van der Waals surface area (Å²) in [4.78, 5) is 28.9. The summed E-state index contributed by atoms with van der Waals surface area (Å²) < 4.78 is 5.82. The molecule has 1 aromatic carbocycles. The number of rotatable bonds is 10. The summed E-state index contributed by atoms with van der Waals surface area (Å²) in [6, 6.07) is 6.88.